The summed E-state index contributed by atoms with van der Waals surface area (Å²) in [5.41, 5.74) is 24.9. The number of alkyl halides is 3. The minimum absolute atomic E-state index is 0. The molecule has 655 valence electrons. The summed E-state index contributed by atoms with van der Waals surface area (Å²) in [5.74, 6) is 0.807. The van der Waals surface area contributed by atoms with E-state index in [1.807, 2.05) is 122 Å². The molecule has 1 aliphatic rings. The van der Waals surface area contributed by atoms with Crippen molar-refractivity contribution < 1.29 is 93.6 Å². The molecule has 18 aromatic rings. The predicted octanol–water partition coefficient (Wildman–Crippen LogP) is 28.7. The maximum atomic E-state index is 12.8. The number of hydrogen-bond acceptors (Lipinski definition) is 8. The average Bonchev–Trinajstić information content (AvgIpc) is 1.62. The van der Waals surface area contributed by atoms with E-state index in [0.29, 0.717) is 17.2 Å². The molecule has 3 N–H and O–H groups in total. The topological polar surface area (TPSA) is 144 Å². The second-order valence-corrected chi connectivity index (χ2v) is 31.4. The molecule has 0 bridgehead atoms. The van der Waals surface area contributed by atoms with Crippen LogP contribution in [-0.2, 0) is 83.2 Å². The Morgan fingerprint density at radius 1 is 0.469 bits per heavy atom. The van der Waals surface area contributed by atoms with Crippen molar-refractivity contribution in [2.75, 3.05) is 0 Å². The van der Waals surface area contributed by atoms with Gasteiger partial charge >= 0.3 is 6.18 Å². The van der Waals surface area contributed by atoms with Crippen LogP contribution in [-0.4, -0.2) is 60.8 Å². The van der Waals surface area contributed by atoms with Gasteiger partial charge in [-0.15, -0.1) is 95.6 Å². The summed E-state index contributed by atoms with van der Waals surface area (Å²) in [4.78, 5) is 27.5. The molecule has 7 heterocycles. The zero-order valence-corrected chi connectivity index (χ0v) is 80.0. The number of hydrogen-bond donors (Lipinski definition) is 3. The first-order valence-corrected chi connectivity index (χ1v) is 42.6. The van der Waals surface area contributed by atoms with Gasteiger partial charge in [-0.1, -0.05) is 278 Å². The minimum Gasteiger partial charge on any atom is -0.513 e. The smallest absolute Gasteiger partial charge is 0.417 e. The number of pyridine rings is 4. The van der Waals surface area contributed by atoms with Crippen LogP contribution in [0.1, 0.15) is 116 Å². The van der Waals surface area contributed by atoms with E-state index in [0.717, 1.165) is 115 Å². The SMILES string of the molecule is CC(=O)C=C(C)O.CC(O)=CC(C)O.CCC1(CC)c2ccccc2-c2c[c-]c(-c3ccccn3)cc21.CCCCC(CC)Cn1c2ccccc2c2ccc(-c3c[c-]c(-c4ccccn4)cc3)cc21.Cc1ccc(-c2[c-]c3c4ccccc4n(-c4ccccc4)c3cc2)nc1.FC(F)(F)c1ccc(-c2[c-]c3c4ccccc4n(-c4ccccc4)c3cc2)nc1.[Ir].[Ir].[Ir]. The van der Waals surface area contributed by atoms with Crippen LogP contribution in [0, 0.1) is 37.1 Å². The van der Waals surface area contributed by atoms with Gasteiger partial charge in [0.1, 0.15) is 0 Å². The van der Waals surface area contributed by atoms with Crippen LogP contribution in [0.5, 0.6) is 0 Å². The Morgan fingerprint density at radius 2 is 0.969 bits per heavy atom. The monoisotopic (exact) mass is 2230 g/mol. The van der Waals surface area contributed by atoms with Crippen molar-refractivity contribution in [2.45, 2.75) is 125 Å². The number of carbonyl (C=O) groups excluding carboxylic acids is 1. The van der Waals surface area contributed by atoms with E-state index in [-0.39, 0.29) is 83.0 Å². The predicted molar refractivity (Wildman–Crippen MR) is 506 cm³/mol. The molecular formula is C111H100F3Ir3N7O4-4. The van der Waals surface area contributed by atoms with Crippen LogP contribution >= 0.6 is 0 Å². The second kappa shape index (κ2) is 44.5. The molecule has 2 atom stereocenters. The minimum atomic E-state index is -4.40. The molecule has 3 radical (unpaired) electrons. The molecule has 11 aromatic carbocycles. The van der Waals surface area contributed by atoms with E-state index in [1.165, 1.54) is 131 Å². The number of nitrogens with zero attached hydrogens (tertiary/aromatic N) is 7. The number of allylic oxidation sites excluding steroid dienone is 3. The Balaban J connectivity index is 0.000000157. The van der Waals surface area contributed by atoms with Gasteiger partial charge in [0, 0.05) is 159 Å². The molecule has 11 nitrogen and oxygen atoms in total. The number of aliphatic hydroxyl groups is 3. The van der Waals surface area contributed by atoms with E-state index in [2.05, 4.69) is 268 Å². The summed E-state index contributed by atoms with van der Waals surface area (Å²) in [6, 6.07) is 113. The molecule has 7 aromatic heterocycles. The quantitative estimate of drug-likeness (QED) is 0.0464. The molecule has 0 saturated carbocycles. The van der Waals surface area contributed by atoms with Gasteiger partial charge in [0.25, 0.3) is 0 Å². The third kappa shape index (κ3) is 22.2. The van der Waals surface area contributed by atoms with Crippen LogP contribution in [0.15, 0.2) is 340 Å². The number of rotatable bonds is 17. The Kier molecular flexibility index (Phi) is 33.6. The summed E-state index contributed by atoms with van der Waals surface area (Å²) < 4.78 is 45.5. The fraction of sp³-hybridized carbons (Fsp3) is 0.180. The van der Waals surface area contributed by atoms with Crippen LogP contribution in [0.25, 0.3) is 144 Å². The zero-order chi connectivity index (χ0) is 87.7. The number of halogens is 3. The molecule has 1 aliphatic carbocycles. The zero-order valence-electron chi connectivity index (χ0n) is 72.8. The number of unbranched alkanes of at least 4 members (excludes halogenated alkanes) is 1. The van der Waals surface area contributed by atoms with Crippen LogP contribution in [0.4, 0.5) is 13.2 Å². The largest absolute Gasteiger partial charge is 0.513 e. The fourth-order valence-electron chi connectivity index (χ4n) is 16.7. The van der Waals surface area contributed by atoms with Crippen molar-refractivity contribution in [2.24, 2.45) is 5.92 Å². The van der Waals surface area contributed by atoms with E-state index in [9.17, 15) is 18.0 Å². The number of benzene rings is 11. The summed E-state index contributed by atoms with van der Waals surface area (Å²) in [6.07, 6.45) is 11.3. The number of aromatic nitrogens is 7. The number of aliphatic hydroxyl groups excluding tert-OH is 3. The van der Waals surface area contributed by atoms with Crippen LogP contribution in [0.3, 0.4) is 0 Å². The molecular weight excluding hydrogens is 2130 g/mol. The summed E-state index contributed by atoms with van der Waals surface area (Å²) >= 11 is 0. The first-order chi connectivity index (χ1) is 60.7. The first kappa shape index (κ1) is 96.5. The molecule has 2 unspecified atom stereocenters. The maximum absolute atomic E-state index is 12.8. The Labute approximate surface area is 788 Å². The van der Waals surface area contributed by atoms with Gasteiger partial charge in [-0.3, -0.25) is 14.8 Å². The molecule has 17 heteroatoms. The fourth-order valence-corrected chi connectivity index (χ4v) is 16.7. The third-order valence-electron chi connectivity index (χ3n) is 22.8. The van der Waals surface area contributed by atoms with Gasteiger partial charge in [-0.2, -0.15) is 13.2 Å². The molecule has 0 amide bonds. The van der Waals surface area contributed by atoms with Gasteiger partial charge in [-0.05, 0) is 160 Å². The molecule has 0 aliphatic heterocycles. The molecule has 0 spiro atoms. The van der Waals surface area contributed by atoms with E-state index < -0.39 is 17.8 Å². The van der Waals surface area contributed by atoms with Crippen molar-refractivity contribution in [3.05, 3.63) is 386 Å². The van der Waals surface area contributed by atoms with E-state index >= 15 is 0 Å². The van der Waals surface area contributed by atoms with Crippen molar-refractivity contribution in [3.8, 4) is 78.7 Å². The Bertz CT molecular complexity index is 6790. The standard InChI is InChI=1S/C31H31N2.C24H14F3N2.C24H17N2.C22H20N.C5H10O2.C5H8O2.3Ir/c1-3-5-10-23(4-2)22-33-30-13-7-6-11-27(30)28-19-18-26(21-31(28)33)24-14-16-25(17-15-24)29-12-8-9-20-32-29;25-24(26,27)17-11-12-21(28-15-17)16-10-13-23-20(14-16)19-8-4-5-9-22(19)29(23)18-6-2-1-3-7-18;1-17-11-13-22(25-16-17)18-12-14-24-21(15-18)20-9-5-6-10-23(20)26(24)19-7-3-2-4-8-19;1-3-22(4-2)19-10-6-5-9-17(19)18-13-12-16(15-20(18)22)21-11-7-8-14-23-21;2*1-4(6)3-5(2)7;;;/h6-9,11-16,18-21,23H,3-5,10,22H2,1-2H3;1-13,15H;2-14,16H,1H3;5-11,13-15H,3-4H2,1-2H3;3-4,6-7H,1-2H3;3,6H,1-2H3;;;/q4*-1;;;;;. The normalized spacial score (nSPS) is 12.3. The second-order valence-electron chi connectivity index (χ2n) is 31.4. The van der Waals surface area contributed by atoms with Crippen molar-refractivity contribution in [1.29, 1.82) is 0 Å². The van der Waals surface area contributed by atoms with Gasteiger partial charge in [0.05, 0.1) is 23.2 Å². The van der Waals surface area contributed by atoms with Crippen molar-refractivity contribution >= 4 is 71.2 Å². The summed E-state index contributed by atoms with van der Waals surface area (Å²) in [6.45, 7) is 18.3. The molecule has 0 saturated heterocycles. The third-order valence-corrected chi connectivity index (χ3v) is 22.8. The van der Waals surface area contributed by atoms with Gasteiger partial charge in [0.15, 0.2) is 5.78 Å². The van der Waals surface area contributed by atoms with Gasteiger partial charge < -0.3 is 39.0 Å². The van der Waals surface area contributed by atoms with Gasteiger partial charge in [0.2, 0.25) is 0 Å². The number of ketones is 1. The van der Waals surface area contributed by atoms with Crippen LogP contribution < -0.4 is 0 Å². The van der Waals surface area contributed by atoms with Crippen molar-refractivity contribution in [1.82, 2.24) is 33.6 Å². The Hall–Kier alpha value is -12.1. The summed E-state index contributed by atoms with van der Waals surface area (Å²) in [7, 11) is 0. The molecule has 19 rings (SSSR count). The average molecular weight is 2230 g/mol. The number of para-hydroxylation sites is 5. The number of aryl methyl sites for hydroxylation is 1. The Morgan fingerprint density at radius 3 is 1.45 bits per heavy atom. The first-order valence-electron chi connectivity index (χ1n) is 42.6. The van der Waals surface area contributed by atoms with Crippen LogP contribution in [0.2, 0.25) is 0 Å². The van der Waals surface area contributed by atoms with E-state index in [1.54, 1.807) is 6.92 Å². The molecule has 128 heavy (non-hydrogen) atoms. The maximum Gasteiger partial charge on any atom is 0.417 e. The summed E-state index contributed by atoms with van der Waals surface area (Å²) in [5, 5.41) is 32.2. The number of carbonyl (C=O) groups is 1. The van der Waals surface area contributed by atoms with E-state index in [4.69, 9.17) is 15.3 Å². The number of fused-ring (bicyclic) bond motifs is 12. The van der Waals surface area contributed by atoms with Crippen molar-refractivity contribution in [3.63, 3.8) is 0 Å². The van der Waals surface area contributed by atoms with Gasteiger partial charge in [-0.25, -0.2) is 0 Å². The molecule has 0 fully saturated rings.